The van der Waals surface area contributed by atoms with Gasteiger partial charge in [0.25, 0.3) is 5.91 Å². The molecule has 0 saturated heterocycles. The molecule has 6 heteroatoms. The lowest BCUT2D eigenvalue weighted by Gasteiger charge is -2.09. The Bertz CT molecular complexity index is 923. The summed E-state index contributed by atoms with van der Waals surface area (Å²) in [6, 6.07) is 17.3. The number of aryl methyl sites for hydroxylation is 1. The van der Waals surface area contributed by atoms with Crippen molar-refractivity contribution in [2.75, 3.05) is 10.6 Å². The van der Waals surface area contributed by atoms with Crippen molar-refractivity contribution in [2.24, 2.45) is 0 Å². The molecule has 0 aliphatic heterocycles. The number of benzene rings is 2. The van der Waals surface area contributed by atoms with Gasteiger partial charge in [0.05, 0.1) is 5.69 Å². The number of anilines is 2. The van der Waals surface area contributed by atoms with E-state index in [1.807, 2.05) is 11.4 Å². The van der Waals surface area contributed by atoms with Gasteiger partial charge in [-0.1, -0.05) is 24.3 Å². The molecular weight excluding hydrogens is 360 g/mol. The number of para-hydroxylation sites is 2. The number of carbonyl (C=O) groups is 2. The number of phenols is 1. The van der Waals surface area contributed by atoms with Gasteiger partial charge in [-0.2, -0.15) is 0 Å². The van der Waals surface area contributed by atoms with Crippen molar-refractivity contribution in [1.82, 2.24) is 0 Å². The average molecular weight is 380 g/mol. The predicted molar refractivity (Wildman–Crippen MR) is 108 cm³/mol. The third-order valence-corrected chi connectivity index (χ3v) is 4.90. The molecule has 0 bridgehead atoms. The minimum absolute atomic E-state index is 0.000970. The molecule has 0 radical (unpaired) electrons. The molecule has 0 aliphatic carbocycles. The highest BCUT2D eigenvalue weighted by Crippen LogP contribution is 2.22. The fourth-order valence-corrected chi connectivity index (χ4v) is 3.36. The molecule has 0 saturated carbocycles. The van der Waals surface area contributed by atoms with E-state index in [4.69, 9.17) is 0 Å². The van der Waals surface area contributed by atoms with E-state index in [9.17, 15) is 14.7 Å². The standard InChI is InChI=1S/C21H20N2O3S/c24-19-11-2-1-10-18(19)23-21(26)15-6-3-7-16(14-15)22-20(25)12-4-8-17-9-5-13-27-17/h1-3,5-7,9-11,13-14,24H,4,8,12H2,(H,22,25)(H,23,26). The average Bonchev–Trinajstić information content (AvgIpc) is 3.17. The topological polar surface area (TPSA) is 78.4 Å². The third kappa shape index (κ3) is 5.43. The second kappa shape index (κ2) is 9.00. The Morgan fingerprint density at radius 1 is 0.963 bits per heavy atom. The lowest BCUT2D eigenvalue weighted by Crippen LogP contribution is -2.14. The summed E-state index contributed by atoms with van der Waals surface area (Å²) in [6.07, 6.45) is 2.08. The highest BCUT2D eigenvalue weighted by Gasteiger charge is 2.10. The first-order valence-electron chi connectivity index (χ1n) is 8.63. The Morgan fingerprint density at radius 2 is 1.81 bits per heavy atom. The van der Waals surface area contributed by atoms with E-state index in [2.05, 4.69) is 16.7 Å². The van der Waals surface area contributed by atoms with Crippen LogP contribution in [0.4, 0.5) is 11.4 Å². The molecule has 2 aromatic carbocycles. The number of hydrogen-bond donors (Lipinski definition) is 3. The van der Waals surface area contributed by atoms with Crippen molar-refractivity contribution >= 4 is 34.5 Å². The number of amides is 2. The molecule has 0 fully saturated rings. The molecule has 3 aromatic rings. The smallest absolute Gasteiger partial charge is 0.255 e. The molecule has 1 aromatic heterocycles. The zero-order valence-corrected chi connectivity index (χ0v) is 15.5. The minimum atomic E-state index is -0.356. The van der Waals surface area contributed by atoms with Crippen LogP contribution < -0.4 is 10.6 Å². The molecule has 3 N–H and O–H groups in total. The zero-order valence-electron chi connectivity index (χ0n) is 14.6. The molecule has 3 rings (SSSR count). The molecule has 0 atom stereocenters. The second-order valence-corrected chi connectivity index (χ2v) is 7.07. The fourth-order valence-electron chi connectivity index (χ4n) is 2.61. The summed E-state index contributed by atoms with van der Waals surface area (Å²) in [5.41, 5.74) is 1.31. The number of phenolic OH excluding ortho intramolecular Hbond substituents is 1. The van der Waals surface area contributed by atoms with Gasteiger partial charge in [-0.05, 0) is 54.6 Å². The van der Waals surface area contributed by atoms with Crippen LogP contribution >= 0.6 is 11.3 Å². The largest absolute Gasteiger partial charge is 0.506 e. The van der Waals surface area contributed by atoms with Gasteiger partial charge in [-0.15, -0.1) is 11.3 Å². The summed E-state index contributed by atoms with van der Waals surface area (Å²) in [5, 5.41) is 17.3. The van der Waals surface area contributed by atoms with E-state index in [1.165, 1.54) is 10.9 Å². The van der Waals surface area contributed by atoms with Crippen molar-refractivity contribution in [2.45, 2.75) is 19.3 Å². The number of nitrogens with one attached hydrogen (secondary N) is 2. The normalized spacial score (nSPS) is 10.4. The van der Waals surface area contributed by atoms with Crippen molar-refractivity contribution in [3.63, 3.8) is 0 Å². The Labute approximate surface area is 161 Å². The van der Waals surface area contributed by atoms with Crippen LogP contribution in [0.25, 0.3) is 0 Å². The van der Waals surface area contributed by atoms with Gasteiger partial charge in [-0.25, -0.2) is 0 Å². The molecular formula is C21H20N2O3S. The van der Waals surface area contributed by atoms with Crippen LogP contribution in [-0.2, 0) is 11.2 Å². The lowest BCUT2D eigenvalue weighted by atomic mass is 10.1. The number of thiophene rings is 1. The van der Waals surface area contributed by atoms with Gasteiger partial charge in [0.15, 0.2) is 0 Å². The van der Waals surface area contributed by atoms with E-state index in [0.717, 1.165) is 12.8 Å². The van der Waals surface area contributed by atoms with Crippen LogP contribution in [-0.4, -0.2) is 16.9 Å². The summed E-state index contributed by atoms with van der Waals surface area (Å²) in [4.78, 5) is 25.8. The van der Waals surface area contributed by atoms with Crippen LogP contribution in [0.15, 0.2) is 66.0 Å². The van der Waals surface area contributed by atoms with Crippen LogP contribution in [0.5, 0.6) is 5.75 Å². The van der Waals surface area contributed by atoms with E-state index < -0.39 is 0 Å². The Balaban J connectivity index is 1.55. The number of aromatic hydroxyl groups is 1. The lowest BCUT2D eigenvalue weighted by molar-refractivity contribution is -0.116. The monoisotopic (exact) mass is 380 g/mol. The van der Waals surface area contributed by atoms with Gasteiger partial charge < -0.3 is 15.7 Å². The molecule has 1 heterocycles. The molecule has 0 aliphatic rings. The van der Waals surface area contributed by atoms with Crippen molar-refractivity contribution in [3.8, 4) is 5.75 Å². The second-order valence-electron chi connectivity index (χ2n) is 6.03. The molecule has 27 heavy (non-hydrogen) atoms. The molecule has 0 spiro atoms. The van der Waals surface area contributed by atoms with Crippen LogP contribution in [0.1, 0.15) is 28.1 Å². The maximum atomic E-state index is 12.4. The molecule has 138 valence electrons. The first-order valence-corrected chi connectivity index (χ1v) is 9.51. The summed E-state index contributed by atoms with van der Waals surface area (Å²) in [6.45, 7) is 0. The molecule has 0 unspecified atom stereocenters. The van der Waals surface area contributed by atoms with Gasteiger partial charge in [-0.3, -0.25) is 9.59 Å². The van der Waals surface area contributed by atoms with Gasteiger partial charge in [0.2, 0.25) is 5.91 Å². The van der Waals surface area contributed by atoms with Crippen molar-refractivity contribution in [1.29, 1.82) is 0 Å². The Hall–Kier alpha value is -3.12. The fraction of sp³-hybridized carbons (Fsp3) is 0.143. The van der Waals surface area contributed by atoms with Crippen molar-refractivity contribution < 1.29 is 14.7 Å². The first-order chi connectivity index (χ1) is 13.1. The maximum absolute atomic E-state index is 12.4. The first kappa shape index (κ1) is 18.7. The number of hydrogen-bond acceptors (Lipinski definition) is 4. The highest BCUT2D eigenvalue weighted by atomic mass is 32.1. The van der Waals surface area contributed by atoms with E-state index in [0.29, 0.717) is 23.4 Å². The minimum Gasteiger partial charge on any atom is -0.506 e. The highest BCUT2D eigenvalue weighted by molar-refractivity contribution is 7.09. The van der Waals surface area contributed by atoms with E-state index in [-0.39, 0.29) is 17.6 Å². The number of rotatable bonds is 7. The Morgan fingerprint density at radius 3 is 2.59 bits per heavy atom. The van der Waals surface area contributed by atoms with Crippen LogP contribution in [0.3, 0.4) is 0 Å². The van der Waals surface area contributed by atoms with Gasteiger partial charge in [0.1, 0.15) is 5.75 Å². The van der Waals surface area contributed by atoms with Crippen LogP contribution in [0.2, 0.25) is 0 Å². The predicted octanol–water partition coefficient (Wildman–Crippen LogP) is 4.67. The zero-order chi connectivity index (χ0) is 19.1. The quantitative estimate of drug-likeness (QED) is 0.521. The molecule has 5 nitrogen and oxygen atoms in total. The maximum Gasteiger partial charge on any atom is 0.255 e. The van der Waals surface area contributed by atoms with Crippen molar-refractivity contribution in [3.05, 3.63) is 76.5 Å². The summed E-state index contributed by atoms with van der Waals surface area (Å²) in [5.74, 6) is -0.434. The number of carbonyl (C=O) groups excluding carboxylic acids is 2. The van der Waals surface area contributed by atoms with Crippen LogP contribution in [0, 0.1) is 0 Å². The summed E-state index contributed by atoms with van der Waals surface area (Å²) in [7, 11) is 0. The molecule has 2 amide bonds. The van der Waals surface area contributed by atoms with E-state index >= 15 is 0 Å². The Kier molecular flexibility index (Phi) is 6.22. The summed E-state index contributed by atoms with van der Waals surface area (Å²) >= 11 is 1.69. The van der Waals surface area contributed by atoms with Gasteiger partial charge in [0, 0.05) is 22.5 Å². The van der Waals surface area contributed by atoms with Gasteiger partial charge >= 0.3 is 0 Å². The third-order valence-electron chi connectivity index (χ3n) is 3.97. The summed E-state index contributed by atoms with van der Waals surface area (Å²) < 4.78 is 0. The van der Waals surface area contributed by atoms with E-state index in [1.54, 1.807) is 53.8 Å². The SMILES string of the molecule is O=C(CCCc1cccs1)Nc1cccc(C(=O)Nc2ccccc2O)c1.